The molecular weight excluding hydrogens is 398 g/mol. The third-order valence-corrected chi connectivity index (χ3v) is 4.12. The maximum Gasteiger partial charge on any atom is 0.354 e. The van der Waals surface area contributed by atoms with Crippen LogP contribution in [0.2, 0.25) is 0 Å². The van der Waals surface area contributed by atoms with Gasteiger partial charge in [0.15, 0.2) is 6.10 Å². The highest BCUT2D eigenvalue weighted by Crippen LogP contribution is 2.41. The van der Waals surface area contributed by atoms with Crippen LogP contribution in [-0.2, 0) is 4.74 Å². The molecule has 2 aromatic rings. The molecule has 1 saturated heterocycles. The molecule has 0 bridgehead atoms. The van der Waals surface area contributed by atoms with Crippen LogP contribution >= 0.6 is 0 Å². The Balaban J connectivity index is 1.82. The number of alkyl halides is 2. The molecule has 2 aromatic heterocycles. The molecule has 0 saturated carbocycles. The van der Waals surface area contributed by atoms with Crippen molar-refractivity contribution < 1.29 is 38.4 Å². The van der Waals surface area contributed by atoms with E-state index < -0.39 is 48.5 Å². The summed E-state index contributed by atoms with van der Waals surface area (Å²) in [6, 6.07) is 3.27. The standard InChI is InChI=1S/C16H14F2N4O7/c17-16(18)11(24)9(6-23)29-14(16)22-4-2-10(21-15(22)28)20-12(25)7-1-3-19-8(5-7)13(26)27/h1-5,9,11,14,23-24H,6H2,(H,26,27)(H,20,21,25,28)/t9-,11-,14-/m1/s1. The number of hydrogen-bond donors (Lipinski definition) is 4. The van der Waals surface area contributed by atoms with E-state index in [2.05, 4.69) is 15.3 Å². The van der Waals surface area contributed by atoms with Crippen LogP contribution in [0.1, 0.15) is 27.1 Å². The first-order chi connectivity index (χ1) is 13.6. The Morgan fingerprint density at radius 2 is 2.07 bits per heavy atom. The van der Waals surface area contributed by atoms with Crippen LogP contribution in [0.25, 0.3) is 0 Å². The van der Waals surface area contributed by atoms with Crippen LogP contribution in [0.3, 0.4) is 0 Å². The highest BCUT2D eigenvalue weighted by atomic mass is 19.3. The fourth-order valence-electron chi connectivity index (χ4n) is 2.66. The highest BCUT2D eigenvalue weighted by molar-refractivity contribution is 6.04. The Bertz CT molecular complexity index is 1010. The average molecular weight is 412 g/mol. The number of amides is 1. The zero-order chi connectivity index (χ0) is 21.3. The Kier molecular flexibility index (Phi) is 5.37. The molecule has 4 N–H and O–H groups in total. The summed E-state index contributed by atoms with van der Waals surface area (Å²) < 4.78 is 33.6. The van der Waals surface area contributed by atoms with Gasteiger partial charge in [0, 0.05) is 18.0 Å². The smallest absolute Gasteiger partial charge is 0.354 e. The maximum atomic E-state index is 14.1. The number of halogens is 2. The quantitative estimate of drug-likeness (QED) is 0.505. The number of carboxylic acid groups (broad SMARTS) is 1. The van der Waals surface area contributed by atoms with Crippen LogP contribution in [0.15, 0.2) is 35.4 Å². The molecule has 1 fully saturated rings. The van der Waals surface area contributed by atoms with Gasteiger partial charge in [0.1, 0.15) is 17.6 Å². The number of carbonyl (C=O) groups is 2. The van der Waals surface area contributed by atoms with Crippen LogP contribution in [0, 0.1) is 0 Å². The Morgan fingerprint density at radius 1 is 1.34 bits per heavy atom. The van der Waals surface area contributed by atoms with E-state index in [1.165, 1.54) is 6.07 Å². The SMILES string of the molecule is O=C(Nc1ccn([C@@H]2O[C@H](CO)[C@@H](O)C2(F)F)c(=O)n1)c1ccnc(C(=O)O)c1. The lowest BCUT2D eigenvalue weighted by atomic mass is 10.1. The second kappa shape index (κ2) is 7.62. The van der Waals surface area contributed by atoms with E-state index in [4.69, 9.17) is 14.9 Å². The van der Waals surface area contributed by atoms with Crippen molar-refractivity contribution >= 4 is 17.7 Å². The normalized spacial score (nSPS) is 23.0. The second-order valence-electron chi connectivity index (χ2n) is 6.02. The molecule has 29 heavy (non-hydrogen) atoms. The van der Waals surface area contributed by atoms with Crippen LogP contribution < -0.4 is 11.0 Å². The number of nitrogens with one attached hydrogen (secondary N) is 1. The molecule has 0 radical (unpaired) electrons. The molecule has 11 nitrogen and oxygen atoms in total. The van der Waals surface area contributed by atoms with Crippen molar-refractivity contribution in [2.75, 3.05) is 11.9 Å². The number of aromatic nitrogens is 3. The number of rotatable bonds is 5. The van der Waals surface area contributed by atoms with Gasteiger partial charge in [-0.2, -0.15) is 13.8 Å². The Labute approximate surface area is 160 Å². The average Bonchev–Trinajstić information content (AvgIpc) is 2.91. The molecule has 13 heteroatoms. The largest absolute Gasteiger partial charge is 0.477 e. The van der Waals surface area contributed by atoms with E-state index in [0.29, 0.717) is 4.57 Å². The summed E-state index contributed by atoms with van der Waals surface area (Å²) in [5.41, 5.74) is -1.67. The number of aliphatic hydroxyl groups is 2. The molecule has 0 aromatic carbocycles. The third-order valence-electron chi connectivity index (χ3n) is 4.12. The number of aliphatic hydroxyl groups excluding tert-OH is 2. The lowest BCUT2D eigenvalue weighted by molar-refractivity contribution is -0.140. The maximum absolute atomic E-state index is 14.1. The van der Waals surface area contributed by atoms with Crippen molar-refractivity contribution in [1.82, 2.24) is 14.5 Å². The Hall–Kier alpha value is -3.29. The van der Waals surface area contributed by atoms with Crippen molar-refractivity contribution in [3.8, 4) is 0 Å². The number of carboxylic acids is 1. The monoisotopic (exact) mass is 412 g/mol. The molecular formula is C16H14F2N4O7. The minimum absolute atomic E-state index is 0.0806. The second-order valence-corrected chi connectivity index (χ2v) is 6.02. The van der Waals surface area contributed by atoms with Gasteiger partial charge in [-0.1, -0.05) is 0 Å². The van der Waals surface area contributed by atoms with E-state index in [0.717, 1.165) is 24.5 Å². The predicted molar refractivity (Wildman–Crippen MR) is 89.6 cm³/mol. The molecule has 1 amide bonds. The zero-order valence-corrected chi connectivity index (χ0v) is 14.4. The molecule has 154 valence electrons. The highest BCUT2D eigenvalue weighted by Gasteiger charge is 2.59. The molecule has 0 unspecified atom stereocenters. The first-order valence-electron chi connectivity index (χ1n) is 8.07. The van der Waals surface area contributed by atoms with Crippen molar-refractivity contribution in [3.63, 3.8) is 0 Å². The number of hydrogen-bond acceptors (Lipinski definition) is 8. The van der Waals surface area contributed by atoms with Gasteiger partial charge in [0.2, 0.25) is 6.23 Å². The van der Waals surface area contributed by atoms with E-state index in [1.54, 1.807) is 0 Å². The summed E-state index contributed by atoms with van der Waals surface area (Å²) in [6.07, 6.45) is -4.12. The van der Waals surface area contributed by atoms with E-state index in [9.17, 15) is 28.3 Å². The summed E-state index contributed by atoms with van der Waals surface area (Å²) in [5.74, 6) is -6.31. The number of carbonyl (C=O) groups excluding carboxylic acids is 1. The lowest BCUT2D eigenvalue weighted by Gasteiger charge is -2.21. The number of nitrogens with zero attached hydrogens (tertiary/aromatic N) is 3. The summed E-state index contributed by atoms with van der Waals surface area (Å²) >= 11 is 0. The minimum atomic E-state index is -3.87. The van der Waals surface area contributed by atoms with E-state index >= 15 is 0 Å². The molecule has 3 atom stereocenters. The zero-order valence-electron chi connectivity index (χ0n) is 14.4. The van der Waals surface area contributed by atoms with Gasteiger partial charge in [-0.3, -0.25) is 9.36 Å². The van der Waals surface area contributed by atoms with Gasteiger partial charge in [-0.25, -0.2) is 14.6 Å². The fraction of sp³-hybridized carbons (Fsp3) is 0.312. The van der Waals surface area contributed by atoms with Gasteiger partial charge < -0.3 is 25.4 Å². The number of pyridine rings is 1. The van der Waals surface area contributed by atoms with Gasteiger partial charge in [0.25, 0.3) is 5.91 Å². The minimum Gasteiger partial charge on any atom is -0.477 e. The van der Waals surface area contributed by atoms with Crippen molar-refractivity contribution in [3.05, 3.63) is 52.3 Å². The summed E-state index contributed by atoms with van der Waals surface area (Å²) in [4.78, 5) is 42.2. The lowest BCUT2D eigenvalue weighted by Crippen LogP contribution is -2.41. The fourth-order valence-corrected chi connectivity index (χ4v) is 2.66. The predicted octanol–water partition coefficient (Wildman–Crippen LogP) is -0.525. The number of aromatic carboxylic acids is 1. The first kappa shape index (κ1) is 20.4. The number of ether oxygens (including phenoxy) is 1. The summed E-state index contributed by atoms with van der Waals surface area (Å²) in [5, 5.41) is 29.6. The van der Waals surface area contributed by atoms with Gasteiger partial charge in [-0.05, 0) is 18.2 Å². The van der Waals surface area contributed by atoms with Crippen molar-refractivity contribution in [2.45, 2.75) is 24.4 Å². The molecule has 1 aliphatic heterocycles. The van der Waals surface area contributed by atoms with Gasteiger partial charge in [-0.15, -0.1) is 0 Å². The molecule has 0 aliphatic carbocycles. The van der Waals surface area contributed by atoms with Crippen LogP contribution in [0.4, 0.5) is 14.6 Å². The van der Waals surface area contributed by atoms with Crippen LogP contribution in [0.5, 0.6) is 0 Å². The van der Waals surface area contributed by atoms with Crippen LogP contribution in [-0.4, -0.2) is 66.5 Å². The summed E-state index contributed by atoms with van der Waals surface area (Å²) in [7, 11) is 0. The molecule has 3 heterocycles. The first-order valence-corrected chi connectivity index (χ1v) is 8.07. The topological polar surface area (TPSA) is 164 Å². The van der Waals surface area contributed by atoms with Crippen molar-refractivity contribution in [2.24, 2.45) is 0 Å². The van der Waals surface area contributed by atoms with E-state index in [1.807, 2.05) is 0 Å². The third kappa shape index (κ3) is 3.83. The Morgan fingerprint density at radius 3 is 2.66 bits per heavy atom. The van der Waals surface area contributed by atoms with Gasteiger partial charge in [0.05, 0.1) is 6.61 Å². The van der Waals surface area contributed by atoms with E-state index in [-0.39, 0.29) is 17.1 Å². The molecule has 1 aliphatic rings. The molecule has 3 rings (SSSR count). The van der Waals surface area contributed by atoms with Crippen molar-refractivity contribution in [1.29, 1.82) is 0 Å². The summed E-state index contributed by atoms with van der Waals surface area (Å²) in [6.45, 7) is -0.881. The molecule has 0 spiro atoms. The number of anilines is 1. The van der Waals surface area contributed by atoms with Gasteiger partial charge >= 0.3 is 17.6 Å².